The van der Waals surface area contributed by atoms with E-state index in [4.69, 9.17) is 9.52 Å². The van der Waals surface area contributed by atoms with Gasteiger partial charge in [-0.05, 0) is 24.7 Å². The highest BCUT2D eigenvalue weighted by Crippen LogP contribution is 2.20. The molecule has 0 unspecified atom stereocenters. The van der Waals surface area contributed by atoms with Crippen molar-refractivity contribution in [2.45, 2.75) is 39.5 Å². The fourth-order valence-corrected chi connectivity index (χ4v) is 2.85. The minimum absolute atomic E-state index is 0.0437. The number of carboxylic acid groups (broad SMARTS) is 1. The van der Waals surface area contributed by atoms with E-state index in [1.54, 1.807) is 18.7 Å². The molecule has 1 heterocycles. The number of aryl methyl sites for hydroxylation is 1. The maximum Gasteiger partial charge on any atom is 0.339 e. The maximum absolute atomic E-state index is 12.1. The second-order valence-corrected chi connectivity index (χ2v) is 6.24. The van der Waals surface area contributed by atoms with Gasteiger partial charge in [0.05, 0.1) is 11.8 Å². The van der Waals surface area contributed by atoms with Crippen LogP contribution in [0.3, 0.4) is 0 Å². The van der Waals surface area contributed by atoms with Crippen LogP contribution in [0.2, 0.25) is 0 Å². The summed E-state index contributed by atoms with van der Waals surface area (Å²) in [5, 5.41) is 11.6. The van der Waals surface area contributed by atoms with Gasteiger partial charge in [-0.1, -0.05) is 20.8 Å². The Morgan fingerprint density at radius 1 is 1.45 bits per heavy atom. The highest BCUT2D eigenvalue weighted by atomic mass is 32.2. The lowest BCUT2D eigenvalue weighted by Gasteiger charge is -2.18. The van der Waals surface area contributed by atoms with Gasteiger partial charge in [-0.15, -0.1) is 11.8 Å². The third-order valence-electron chi connectivity index (χ3n) is 2.85. The monoisotopic (exact) mass is 299 g/mol. The average Bonchev–Trinajstić information content (AvgIpc) is 2.74. The minimum Gasteiger partial charge on any atom is -0.478 e. The molecule has 1 aromatic heterocycles. The fraction of sp³-hybridized carbons (Fsp3) is 0.571. The summed E-state index contributed by atoms with van der Waals surface area (Å²) in [5.74, 6) is 0.859. The molecule has 1 atom stereocenters. The number of aromatic carboxylic acids is 1. The van der Waals surface area contributed by atoms with Gasteiger partial charge in [0.2, 0.25) is 5.91 Å². The molecule has 0 saturated carbocycles. The number of carbonyl (C=O) groups is 2. The lowest BCUT2D eigenvalue weighted by atomic mass is 10.1. The average molecular weight is 299 g/mol. The van der Waals surface area contributed by atoms with Crippen molar-refractivity contribution in [3.8, 4) is 0 Å². The van der Waals surface area contributed by atoms with Gasteiger partial charge in [-0.3, -0.25) is 4.79 Å². The number of thioether (sulfide) groups is 1. The smallest absolute Gasteiger partial charge is 0.339 e. The van der Waals surface area contributed by atoms with Gasteiger partial charge in [-0.25, -0.2) is 4.79 Å². The number of furan rings is 1. The van der Waals surface area contributed by atoms with Crippen LogP contribution in [0.25, 0.3) is 0 Å². The Hall–Kier alpha value is -1.43. The van der Waals surface area contributed by atoms with Crippen LogP contribution in [-0.2, 0) is 11.3 Å². The largest absolute Gasteiger partial charge is 0.478 e. The molecule has 0 aliphatic carbocycles. The van der Waals surface area contributed by atoms with Crippen LogP contribution in [0.4, 0.5) is 0 Å². The molecule has 0 radical (unpaired) electrons. The lowest BCUT2D eigenvalue weighted by Crippen LogP contribution is -2.35. The molecule has 6 heteroatoms. The molecular formula is C14H21NO4S. The van der Waals surface area contributed by atoms with Crippen molar-refractivity contribution in [2.24, 2.45) is 5.92 Å². The Morgan fingerprint density at radius 2 is 2.10 bits per heavy atom. The van der Waals surface area contributed by atoms with E-state index in [9.17, 15) is 9.59 Å². The molecule has 0 aliphatic heterocycles. The highest BCUT2D eigenvalue weighted by molar-refractivity contribution is 8.00. The Kier molecular flexibility index (Phi) is 6.13. The number of nitrogens with one attached hydrogen (secondary N) is 1. The van der Waals surface area contributed by atoms with Gasteiger partial charge in [0.25, 0.3) is 0 Å². The minimum atomic E-state index is -1.02. The molecule has 0 fully saturated rings. The molecule has 20 heavy (non-hydrogen) atoms. The second-order valence-electron chi connectivity index (χ2n) is 4.83. The molecule has 0 bridgehead atoms. The van der Waals surface area contributed by atoms with Crippen molar-refractivity contribution in [1.82, 2.24) is 5.32 Å². The van der Waals surface area contributed by atoms with Gasteiger partial charge in [-0.2, -0.15) is 0 Å². The van der Waals surface area contributed by atoms with Crippen molar-refractivity contribution < 1.29 is 19.1 Å². The van der Waals surface area contributed by atoms with Crippen molar-refractivity contribution in [3.05, 3.63) is 23.2 Å². The third kappa shape index (κ3) is 4.30. The molecule has 112 valence electrons. The summed E-state index contributed by atoms with van der Waals surface area (Å²) in [7, 11) is 0. The van der Waals surface area contributed by atoms with E-state index >= 15 is 0 Å². The SMILES string of the molecule is CCS[C@@H](C(=O)NCc1cc(C(=O)O)c(C)o1)C(C)C. The molecule has 0 saturated heterocycles. The van der Waals surface area contributed by atoms with Crippen LogP contribution < -0.4 is 5.32 Å². The summed E-state index contributed by atoms with van der Waals surface area (Å²) in [6.45, 7) is 7.83. The van der Waals surface area contributed by atoms with Crippen LogP contribution in [-0.4, -0.2) is 28.0 Å². The maximum atomic E-state index is 12.1. The number of hydrogen-bond acceptors (Lipinski definition) is 4. The molecule has 1 amide bonds. The van der Waals surface area contributed by atoms with E-state index in [-0.39, 0.29) is 29.2 Å². The Morgan fingerprint density at radius 3 is 2.55 bits per heavy atom. The first-order valence-corrected chi connectivity index (χ1v) is 7.63. The molecule has 0 aromatic carbocycles. The lowest BCUT2D eigenvalue weighted by molar-refractivity contribution is -0.121. The Labute approximate surface area is 123 Å². The van der Waals surface area contributed by atoms with E-state index in [1.165, 1.54) is 6.07 Å². The summed E-state index contributed by atoms with van der Waals surface area (Å²) in [4.78, 5) is 23.0. The van der Waals surface area contributed by atoms with E-state index < -0.39 is 5.97 Å². The first-order chi connectivity index (χ1) is 9.36. The summed E-state index contributed by atoms with van der Waals surface area (Å²) in [6.07, 6.45) is 0. The first-order valence-electron chi connectivity index (χ1n) is 6.58. The number of amides is 1. The Bertz CT molecular complexity index is 482. The van der Waals surface area contributed by atoms with Gasteiger partial charge >= 0.3 is 5.97 Å². The molecular weight excluding hydrogens is 278 g/mol. The van der Waals surface area contributed by atoms with Gasteiger partial charge in [0.1, 0.15) is 17.1 Å². The third-order valence-corrected chi connectivity index (χ3v) is 4.30. The van der Waals surface area contributed by atoms with Gasteiger partial charge in [0, 0.05) is 0 Å². The molecule has 0 spiro atoms. The molecule has 0 aliphatic rings. The van der Waals surface area contributed by atoms with E-state index in [1.807, 2.05) is 20.8 Å². The molecule has 1 rings (SSSR count). The zero-order valence-electron chi connectivity index (χ0n) is 12.2. The van der Waals surface area contributed by atoms with Crippen LogP contribution in [0.1, 0.15) is 42.6 Å². The van der Waals surface area contributed by atoms with E-state index in [2.05, 4.69) is 5.32 Å². The first kappa shape index (κ1) is 16.6. The summed E-state index contributed by atoms with van der Waals surface area (Å²) >= 11 is 1.60. The number of carbonyl (C=O) groups excluding carboxylic acids is 1. The van der Waals surface area contributed by atoms with Crippen LogP contribution >= 0.6 is 11.8 Å². The summed E-state index contributed by atoms with van der Waals surface area (Å²) < 4.78 is 5.32. The van der Waals surface area contributed by atoms with Crippen LogP contribution in [0.15, 0.2) is 10.5 Å². The Balaban J connectivity index is 2.64. The molecule has 5 nitrogen and oxygen atoms in total. The van der Waals surface area contributed by atoms with Gasteiger partial charge < -0.3 is 14.8 Å². The topological polar surface area (TPSA) is 79.5 Å². The van der Waals surface area contributed by atoms with Crippen molar-refractivity contribution in [3.63, 3.8) is 0 Å². The standard InChI is InChI=1S/C14H21NO4S/c1-5-20-12(8(2)3)13(16)15-7-10-6-11(14(17)18)9(4)19-10/h6,8,12H,5,7H2,1-4H3,(H,15,16)(H,17,18)/t12-/m1/s1. The molecule has 1 aromatic rings. The zero-order chi connectivity index (χ0) is 15.3. The normalized spacial score (nSPS) is 12.4. The predicted molar refractivity (Wildman–Crippen MR) is 79.0 cm³/mol. The summed E-state index contributed by atoms with van der Waals surface area (Å²) in [5.41, 5.74) is 0.137. The number of carboxylic acids is 1. The van der Waals surface area contributed by atoms with E-state index in [0.29, 0.717) is 11.5 Å². The number of hydrogen-bond donors (Lipinski definition) is 2. The molecule has 2 N–H and O–H groups in total. The van der Waals surface area contributed by atoms with Crippen LogP contribution in [0.5, 0.6) is 0 Å². The van der Waals surface area contributed by atoms with Crippen LogP contribution in [0, 0.1) is 12.8 Å². The van der Waals surface area contributed by atoms with Crippen molar-refractivity contribution in [1.29, 1.82) is 0 Å². The van der Waals surface area contributed by atoms with Gasteiger partial charge in [0.15, 0.2) is 0 Å². The van der Waals surface area contributed by atoms with E-state index in [0.717, 1.165) is 5.75 Å². The van der Waals surface area contributed by atoms with Crippen molar-refractivity contribution >= 4 is 23.6 Å². The fourth-order valence-electron chi connectivity index (χ4n) is 1.87. The quantitative estimate of drug-likeness (QED) is 0.809. The van der Waals surface area contributed by atoms with Crippen molar-refractivity contribution in [2.75, 3.05) is 5.75 Å². The predicted octanol–water partition coefficient (Wildman–Crippen LogP) is 2.68. The highest BCUT2D eigenvalue weighted by Gasteiger charge is 2.22. The zero-order valence-corrected chi connectivity index (χ0v) is 13.0. The summed E-state index contributed by atoms with van der Waals surface area (Å²) in [6, 6.07) is 1.45. The second kappa shape index (κ2) is 7.38. The number of rotatable bonds is 7.